The SMILES string of the molecule is Br.Oc1cc2c(cc1Cl)CCNCC2c1ccsc1. The summed E-state index contributed by atoms with van der Waals surface area (Å²) in [7, 11) is 0. The fourth-order valence-corrected chi connectivity index (χ4v) is 3.41. The van der Waals surface area contributed by atoms with Crippen LogP contribution in [0.15, 0.2) is 29.0 Å². The van der Waals surface area contributed by atoms with E-state index in [1.807, 2.05) is 12.1 Å². The highest BCUT2D eigenvalue weighted by molar-refractivity contribution is 8.93. The van der Waals surface area contributed by atoms with Crippen molar-refractivity contribution in [1.29, 1.82) is 0 Å². The lowest BCUT2D eigenvalue weighted by Crippen LogP contribution is -2.20. The van der Waals surface area contributed by atoms with E-state index < -0.39 is 0 Å². The molecule has 1 aliphatic rings. The van der Waals surface area contributed by atoms with Gasteiger partial charge in [0.25, 0.3) is 0 Å². The molecule has 2 N–H and O–H groups in total. The van der Waals surface area contributed by atoms with Gasteiger partial charge in [-0.25, -0.2) is 0 Å². The monoisotopic (exact) mass is 359 g/mol. The first kappa shape index (κ1) is 14.9. The summed E-state index contributed by atoms with van der Waals surface area (Å²) in [5, 5.41) is 18.0. The van der Waals surface area contributed by atoms with Crippen LogP contribution in [-0.4, -0.2) is 18.2 Å². The maximum Gasteiger partial charge on any atom is 0.134 e. The number of phenolic OH excluding ortho intramolecular Hbond substituents is 1. The molecule has 2 nitrogen and oxygen atoms in total. The zero-order valence-electron chi connectivity index (χ0n) is 10.2. The molecule has 0 saturated carbocycles. The molecule has 0 amide bonds. The molecule has 0 radical (unpaired) electrons. The molecule has 0 bridgehead atoms. The first-order valence-corrected chi connectivity index (χ1v) is 7.32. The number of hydrogen-bond donors (Lipinski definition) is 2. The van der Waals surface area contributed by atoms with Crippen LogP contribution in [0.4, 0.5) is 0 Å². The predicted octanol–water partition coefficient (Wildman–Crippen LogP) is 3.96. The first-order valence-electron chi connectivity index (χ1n) is 6.00. The molecule has 1 aromatic heterocycles. The van der Waals surface area contributed by atoms with E-state index in [0.29, 0.717) is 10.9 Å². The third-order valence-electron chi connectivity index (χ3n) is 3.45. The minimum atomic E-state index is 0. The van der Waals surface area contributed by atoms with Gasteiger partial charge in [0, 0.05) is 12.5 Å². The Morgan fingerprint density at radius 1 is 1.37 bits per heavy atom. The van der Waals surface area contributed by atoms with Gasteiger partial charge in [-0.3, -0.25) is 0 Å². The van der Waals surface area contributed by atoms with Crippen LogP contribution in [0.25, 0.3) is 0 Å². The fraction of sp³-hybridized carbons (Fsp3) is 0.286. The summed E-state index contributed by atoms with van der Waals surface area (Å²) < 4.78 is 0. The number of halogens is 2. The van der Waals surface area contributed by atoms with Crippen LogP contribution in [0.2, 0.25) is 5.02 Å². The van der Waals surface area contributed by atoms with E-state index in [0.717, 1.165) is 19.5 Å². The van der Waals surface area contributed by atoms with Crippen molar-refractivity contribution in [2.75, 3.05) is 13.1 Å². The molecule has 1 atom stereocenters. The molecule has 2 heterocycles. The number of fused-ring (bicyclic) bond motifs is 1. The van der Waals surface area contributed by atoms with E-state index in [2.05, 4.69) is 22.1 Å². The van der Waals surface area contributed by atoms with Gasteiger partial charge in [0.1, 0.15) is 5.75 Å². The van der Waals surface area contributed by atoms with Crippen molar-refractivity contribution < 1.29 is 5.11 Å². The molecule has 1 unspecified atom stereocenters. The molecule has 0 spiro atoms. The number of benzene rings is 1. The number of aromatic hydroxyl groups is 1. The highest BCUT2D eigenvalue weighted by atomic mass is 79.9. The summed E-state index contributed by atoms with van der Waals surface area (Å²) in [6.45, 7) is 1.86. The second-order valence-corrected chi connectivity index (χ2v) is 5.75. The van der Waals surface area contributed by atoms with Gasteiger partial charge in [0.15, 0.2) is 0 Å². The van der Waals surface area contributed by atoms with Crippen molar-refractivity contribution >= 4 is 39.9 Å². The van der Waals surface area contributed by atoms with E-state index >= 15 is 0 Å². The highest BCUT2D eigenvalue weighted by Crippen LogP contribution is 2.35. The maximum absolute atomic E-state index is 9.83. The van der Waals surface area contributed by atoms with E-state index in [9.17, 15) is 5.11 Å². The quantitative estimate of drug-likeness (QED) is 0.806. The summed E-state index contributed by atoms with van der Waals surface area (Å²) >= 11 is 7.71. The third-order valence-corrected chi connectivity index (χ3v) is 4.45. The molecular weight excluding hydrogens is 346 g/mol. The van der Waals surface area contributed by atoms with Crippen LogP contribution in [0, 0.1) is 0 Å². The Balaban J connectivity index is 0.00000133. The Labute approximate surface area is 132 Å². The lowest BCUT2D eigenvalue weighted by Gasteiger charge is -2.17. The smallest absolute Gasteiger partial charge is 0.134 e. The molecule has 0 fully saturated rings. The lowest BCUT2D eigenvalue weighted by molar-refractivity contribution is 0.474. The maximum atomic E-state index is 9.83. The molecule has 102 valence electrons. The minimum Gasteiger partial charge on any atom is -0.506 e. The molecule has 3 rings (SSSR count). The fourth-order valence-electron chi connectivity index (χ4n) is 2.51. The summed E-state index contributed by atoms with van der Waals surface area (Å²) in [6.07, 6.45) is 0.954. The van der Waals surface area contributed by atoms with Crippen LogP contribution >= 0.6 is 39.9 Å². The van der Waals surface area contributed by atoms with Crippen molar-refractivity contribution in [3.8, 4) is 5.75 Å². The third kappa shape index (κ3) is 2.97. The second-order valence-electron chi connectivity index (χ2n) is 4.57. The van der Waals surface area contributed by atoms with Gasteiger partial charge in [-0.05, 0) is 58.6 Å². The standard InChI is InChI=1S/C14H14ClNOS.BrH/c15-13-5-9-1-3-16-7-12(10-2-4-18-8-10)11(9)6-14(13)17;/h2,4-6,8,12,16-17H,1,3,7H2;1H. The van der Waals surface area contributed by atoms with Crippen LogP contribution in [0.3, 0.4) is 0 Å². The molecule has 1 aromatic carbocycles. The van der Waals surface area contributed by atoms with Crippen LogP contribution in [0.5, 0.6) is 5.75 Å². The van der Waals surface area contributed by atoms with Gasteiger partial charge in [0.05, 0.1) is 5.02 Å². The normalized spacial score (nSPS) is 18.3. The van der Waals surface area contributed by atoms with Crippen LogP contribution < -0.4 is 5.32 Å². The average Bonchev–Trinajstić information content (AvgIpc) is 2.80. The van der Waals surface area contributed by atoms with Crippen molar-refractivity contribution in [3.05, 3.63) is 50.7 Å². The van der Waals surface area contributed by atoms with Gasteiger partial charge >= 0.3 is 0 Å². The van der Waals surface area contributed by atoms with E-state index in [1.54, 1.807) is 11.3 Å². The zero-order valence-corrected chi connectivity index (χ0v) is 13.5. The summed E-state index contributed by atoms with van der Waals surface area (Å²) in [5.41, 5.74) is 3.73. The van der Waals surface area contributed by atoms with Crippen LogP contribution in [-0.2, 0) is 6.42 Å². The van der Waals surface area contributed by atoms with Gasteiger partial charge in [-0.1, -0.05) is 11.6 Å². The topological polar surface area (TPSA) is 32.3 Å². The number of nitrogens with one attached hydrogen (secondary N) is 1. The van der Waals surface area contributed by atoms with E-state index in [-0.39, 0.29) is 22.7 Å². The lowest BCUT2D eigenvalue weighted by atomic mass is 9.89. The highest BCUT2D eigenvalue weighted by Gasteiger charge is 2.22. The van der Waals surface area contributed by atoms with E-state index in [4.69, 9.17) is 11.6 Å². The van der Waals surface area contributed by atoms with Crippen molar-refractivity contribution in [2.24, 2.45) is 0 Å². The Morgan fingerprint density at radius 2 is 2.21 bits per heavy atom. The van der Waals surface area contributed by atoms with Crippen molar-refractivity contribution in [2.45, 2.75) is 12.3 Å². The zero-order chi connectivity index (χ0) is 12.5. The summed E-state index contributed by atoms with van der Waals surface area (Å²) in [6, 6.07) is 5.88. The molecule has 0 saturated heterocycles. The average molecular weight is 361 g/mol. The molecule has 5 heteroatoms. The Hall–Kier alpha value is -0.550. The minimum absolute atomic E-state index is 0. The Morgan fingerprint density at radius 3 is 2.95 bits per heavy atom. The van der Waals surface area contributed by atoms with Gasteiger partial charge < -0.3 is 10.4 Å². The van der Waals surface area contributed by atoms with Crippen LogP contribution in [0.1, 0.15) is 22.6 Å². The number of thiophene rings is 1. The summed E-state index contributed by atoms with van der Waals surface area (Å²) in [4.78, 5) is 0. The first-order chi connectivity index (χ1) is 8.75. The van der Waals surface area contributed by atoms with E-state index in [1.165, 1.54) is 16.7 Å². The Kier molecular flexibility index (Phi) is 4.90. The molecule has 19 heavy (non-hydrogen) atoms. The Bertz CT molecular complexity index is 559. The number of hydrogen-bond acceptors (Lipinski definition) is 3. The molecular formula is C14H15BrClNOS. The molecule has 2 aromatic rings. The van der Waals surface area contributed by atoms with Gasteiger partial charge in [0.2, 0.25) is 0 Å². The van der Waals surface area contributed by atoms with Crippen molar-refractivity contribution in [3.63, 3.8) is 0 Å². The molecule has 0 aliphatic carbocycles. The second kappa shape index (κ2) is 6.27. The van der Waals surface area contributed by atoms with Gasteiger partial charge in [-0.15, -0.1) is 17.0 Å². The number of rotatable bonds is 1. The molecule has 1 aliphatic heterocycles. The number of phenols is 1. The summed E-state index contributed by atoms with van der Waals surface area (Å²) in [5.74, 6) is 0.481. The predicted molar refractivity (Wildman–Crippen MR) is 86.2 cm³/mol. The van der Waals surface area contributed by atoms with Gasteiger partial charge in [-0.2, -0.15) is 11.3 Å². The van der Waals surface area contributed by atoms with Crippen molar-refractivity contribution in [1.82, 2.24) is 5.32 Å². The largest absolute Gasteiger partial charge is 0.506 e.